The Morgan fingerprint density at radius 1 is 1.22 bits per heavy atom. The van der Waals surface area contributed by atoms with E-state index in [1.165, 1.54) is 4.90 Å². The first-order chi connectivity index (χ1) is 12.8. The van der Waals surface area contributed by atoms with Crippen LogP contribution in [0.2, 0.25) is 0 Å². The van der Waals surface area contributed by atoms with Gasteiger partial charge in [-0.25, -0.2) is 9.59 Å². The minimum absolute atomic E-state index is 0.174. The first-order valence-electron chi connectivity index (χ1n) is 9.18. The largest absolute Gasteiger partial charge is 0.464 e. The Balaban J connectivity index is 2.05. The SMILES string of the molecule is CCOC(=O)[C@@H]1CC/C(=N/OCc2ccccc2)CN1C(=O)OC(C)(C)C. The van der Waals surface area contributed by atoms with E-state index in [4.69, 9.17) is 14.3 Å². The third kappa shape index (κ3) is 6.58. The molecule has 148 valence electrons. The first-order valence-corrected chi connectivity index (χ1v) is 9.18. The van der Waals surface area contributed by atoms with Gasteiger partial charge in [-0.05, 0) is 46.1 Å². The minimum atomic E-state index is -0.673. The number of amides is 1. The Bertz CT molecular complexity index is 667. The summed E-state index contributed by atoms with van der Waals surface area (Å²) in [6, 6.07) is 9.02. The number of likely N-dealkylation sites (tertiary alicyclic amines) is 1. The van der Waals surface area contributed by atoms with Crippen molar-refractivity contribution in [2.24, 2.45) is 5.16 Å². The molecule has 0 N–H and O–H groups in total. The van der Waals surface area contributed by atoms with Crippen LogP contribution in [0.3, 0.4) is 0 Å². The molecule has 1 aliphatic heterocycles. The molecule has 0 radical (unpaired) electrons. The number of oxime groups is 1. The lowest BCUT2D eigenvalue weighted by atomic mass is 10.0. The summed E-state index contributed by atoms with van der Waals surface area (Å²) in [7, 11) is 0. The molecule has 1 amide bonds. The summed E-state index contributed by atoms with van der Waals surface area (Å²) in [4.78, 5) is 31.6. The number of carbonyl (C=O) groups is 2. The molecular weight excluding hydrogens is 348 g/mol. The van der Waals surface area contributed by atoms with Crippen molar-refractivity contribution >= 4 is 17.8 Å². The zero-order valence-corrected chi connectivity index (χ0v) is 16.4. The topological polar surface area (TPSA) is 77.4 Å². The molecule has 1 aromatic carbocycles. The summed E-state index contributed by atoms with van der Waals surface area (Å²) >= 11 is 0. The molecule has 7 nitrogen and oxygen atoms in total. The fraction of sp³-hybridized carbons (Fsp3) is 0.550. The average molecular weight is 376 g/mol. The second kappa shape index (κ2) is 9.39. The molecule has 0 saturated carbocycles. The van der Waals surface area contributed by atoms with Gasteiger partial charge in [0.2, 0.25) is 0 Å². The van der Waals surface area contributed by atoms with Gasteiger partial charge in [-0.3, -0.25) is 4.90 Å². The number of piperidine rings is 1. The zero-order valence-electron chi connectivity index (χ0n) is 16.4. The Morgan fingerprint density at radius 2 is 1.93 bits per heavy atom. The van der Waals surface area contributed by atoms with Crippen molar-refractivity contribution < 1.29 is 23.9 Å². The van der Waals surface area contributed by atoms with Crippen molar-refractivity contribution in [3.05, 3.63) is 35.9 Å². The molecule has 0 aromatic heterocycles. The van der Waals surface area contributed by atoms with Crippen LogP contribution < -0.4 is 0 Å². The van der Waals surface area contributed by atoms with Crippen LogP contribution in [0, 0.1) is 0 Å². The van der Waals surface area contributed by atoms with Crippen LogP contribution in [-0.2, 0) is 25.7 Å². The quantitative estimate of drug-likeness (QED) is 0.580. The predicted molar refractivity (Wildman–Crippen MR) is 101 cm³/mol. The molecule has 1 saturated heterocycles. The Morgan fingerprint density at radius 3 is 2.56 bits per heavy atom. The number of carbonyl (C=O) groups excluding carboxylic acids is 2. The summed E-state index contributed by atoms with van der Waals surface area (Å²) < 4.78 is 10.5. The van der Waals surface area contributed by atoms with E-state index in [0.717, 1.165) is 5.56 Å². The maximum Gasteiger partial charge on any atom is 0.411 e. The van der Waals surface area contributed by atoms with Crippen LogP contribution in [-0.4, -0.2) is 47.5 Å². The van der Waals surface area contributed by atoms with E-state index >= 15 is 0 Å². The predicted octanol–water partition coefficient (Wildman–Crippen LogP) is 3.52. The van der Waals surface area contributed by atoms with E-state index < -0.39 is 23.7 Å². The highest BCUT2D eigenvalue weighted by molar-refractivity contribution is 5.93. The van der Waals surface area contributed by atoms with E-state index in [0.29, 0.717) is 25.2 Å². The zero-order chi connectivity index (χ0) is 19.9. The Labute approximate surface area is 160 Å². The maximum atomic E-state index is 12.6. The number of ether oxygens (including phenoxy) is 2. The molecule has 1 atom stereocenters. The lowest BCUT2D eigenvalue weighted by Gasteiger charge is -2.35. The van der Waals surface area contributed by atoms with E-state index in [1.54, 1.807) is 27.7 Å². The maximum absolute atomic E-state index is 12.6. The van der Waals surface area contributed by atoms with Crippen LogP contribution in [0.15, 0.2) is 35.5 Å². The number of rotatable bonds is 5. The number of esters is 1. The molecule has 7 heteroatoms. The summed E-state index contributed by atoms with van der Waals surface area (Å²) in [6.45, 7) is 7.87. The van der Waals surface area contributed by atoms with Crippen LogP contribution >= 0.6 is 0 Å². The van der Waals surface area contributed by atoms with Crippen molar-refractivity contribution in [3.63, 3.8) is 0 Å². The standard InChI is InChI=1S/C20H28N2O5/c1-5-25-18(23)17-12-11-16(13-22(17)19(24)27-20(2,3)4)21-26-14-15-9-7-6-8-10-15/h6-10,17H,5,11-14H2,1-4H3/b21-16-/t17-/m0/s1. The van der Waals surface area contributed by atoms with Gasteiger partial charge in [0.05, 0.1) is 18.9 Å². The highest BCUT2D eigenvalue weighted by Crippen LogP contribution is 2.21. The van der Waals surface area contributed by atoms with Crippen molar-refractivity contribution in [1.29, 1.82) is 0 Å². The molecule has 0 aliphatic carbocycles. The van der Waals surface area contributed by atoms with Gasteiger partial charge < -0.3 is 14.3 Å². The number of benzene rings is 1. The van der Waals surface area contributed by atoms with E-state index in [-0.39, 0.29) is 13.2 Å². The average Bonchev–Trinajstić information content (AvgIpc) is 2.61. The van der Waals surface area contributed by atoms with Gasteiger partial charge in [-0.1, -0.05) is 35.5 Å². The Hall–Kier alpha value is -2.57. The van der Waals surface area contributed by atoms with Crippen LogP contribution in [0.25, 0.3) is 0 Å². The molecule has 2 rings (SSSR count). The van der Waals surface area contributed by atoms with E-state index in [1.807, 2.05) is 30.3 Å². The lowest BCUT2D eigenvalue weighted by Crippen LogP contribution is -2.52. The third-order valence-corrected chi connectivity index (χ3v) is 3.89. The van der Waals surface area contributed by atoms with Gasteiger partial charge in [0.15, 0.2) is 0 Å². The molecule has 1 fully saturated rings. The van der Waals surface area contributed by atoms with Gasteiger partial charge in [-0.15, -0.1) is 0 Å². The van der Waals surface area contributed by atoms with Crippen LogP contribution in [0.5, 0.6) is 0 Å². The van der Waals surface area contributed by atoms with Crippen molar-refractivity contribution in [3.8, 4) is 0 Å². The molecular formula is C20H28N2O5. The Kier molecular flexibility index (Phi) is 7.21. The van der Waals surface area contributed by atoms with E-state index in [9.17, 15) is 9.59 Å². The van der Waals surface area contributed by atoms with Gasteiger partial charge in [0.1, 0.15) is 18.2 Å². The van der Waals surface area contributed by atoms with Gasteiger partial charge in [-0.2, -0.15) is 0 Å². The van der Waals surface area contributed by atoms with Gasteiger partial charge in [0, 0.05) is 0 Å². The molecule has 1 heterocycles. The summed E-state index contributed by atoms with van der Waals surface area (Å²) in [5.74, 6) is -0.424. The molecule has 0 unspecified atom stereocenters. The monoisotopic (exact) mass is 376 g/mol. The number of hydrogen-bond donors (Lipinski definition) is 0. The highest BCUT2D eigenvalue weighted by atomic mass is 16.6. The van der Waals surface area contributed by atoms with Crippen LogP contribution in [0.1, 0.15) is 46.1 Å². The van der Waals surface area contributed by atoms with Crippen molar-refractivity contribution in [1.82, 2.24) is 4.90 Å². The lowest BCUT2D eigenvalue weighted by molar-refractivity contribution is -0.149. The first kappa shape index (κ1) is 20.7. The summed E-state index contributed by atoms with van der Waals surface area (Å²) in [5.41, 5.74) is 1.04. The van der Waals surface area contributed by atoms with Gasteiger partial charge in [0.25, 0.3) is 0 Å². The highest BCUT2D eigenvalue weighted by Gasteiger charge is 2.38. The van der Waals surface area contributed by atoms with Crippen molar-refractivity contribution in [2.75, 3.05) is 13.2 Å². The van der Waals surface area contributed by atoms with Crippen LogP contribution in [0.4, 0.5) is 4.79 Å². The summed E-state index contributed by atoms with van der Waals surface area (Å²) in [6.07, 6.45) is 0.416. The molecule has 1 aromatic rings. The normalized spacial score (nSPS) is 18.9. The van der Waals surface area contributed by atoms with Crippen molar-refractivity contribution in [2.45, 2.75) is 58.8 Å². The number of nitrogens with zero attached hydrogens (tertiary/aromatic N) is 2. The molecule has 27 heavy (non-hydrogen) atoms. The molecule has 1 aliphatic rings. The van der Waals surface area contributed by atoms with Gasteiger partial charge >= 0.3 is 12.1 Å². The van der Waals surface area contributed by atoms with E-state index in [2.05, 4.69) is 5.16 Å². The number of hydrogen-bond acceptors (Lipinski definition) is 6. The molecule has 0 spiro atoms. The fourth-order valence-corrected chi connectivity index (χ4v) is 2.69. The second-order valence-corrected chi connectivity index (χ2v) is 7.33. The summed E-state index contributed by atoms with van der Waals surface area (Å²) in [5, 5.41) is 4.16. The second-order valence-electron chi connectivity index (χ2n) is 7.33. The fourth-order valence-electron chi connectivity index (χ4n) is 2.69. The smallest absolute Gasteiger partial charge is 0.411 e. The minimum Gasteiger partial charge on any atom is -0.464 e. The third-order valence-electron chi connectivity index (χ3n) is 3.89. The molecule has 0 bridgehead atoms.